The number of aliphatic hydroxyl groups excluding tert-OH is 1. The van der Waals surface area contributed by atoms with E-state index in [4.69, 9.17) is 9.84 Å². The molecule has 1 saturated heterocycles. The summed E-state index contributed by atoms with van der Waals surface area (Å²) in [5.74, 6) is -0.344. The van der Waals surface area contributed by atoms with Crippen molar-refractivity contribution in [1.82, 2.24) is 9.80 Å². The molecule has 0 radical (unpaired) electrons. The number of nitrogens with one attached hydrogen (secondary N) is 1. The number of carbonyl (C=O) groups is 2. The molecule has 26 heavy (non-hydrogen) atoms. The Morgan fingerprint density at radius 2 is 2.15 bits per heavy atom. The molecule has 1 atom stereocenters. The lowest BCUT2D eigenvalue weighted by Crippen LogP contribution is -2.55. The van der Waals surface area contributed by atoms with Crippen LogP contribution in [-0.4, -0.2) is 72.3 Å². The Morgan fingerprint density at radius 3 is 2.85 bits per heavy atom. The first-order chi connectivity index (χ1) is 12.5. The third-order valence-electron chi connectivity index (χ3n) is 5.06. The zero-order chi connectivity index (χ0) is 18.7. The van der Waals surface area contributed by atoms with Crippen LogP contribution in [0.5, 0.6) is 0 Å². The van der Waals surface area contributed by atoms with Crippen molar-refractivity contribution >= 4 is 28.3 Å². The number of thiophene rings is 1. The van der Waals surface area contributed by atoms with Crippen LogP contribution in [0.15, 0.2) is 0 Å². The smallest absolute Gasteiger partial charge is 0.341 e. The van der Waals surface area contributed by atoms with Crippen LogP contribution in [0, 0.1) is 0 Å². The number of fused-ring (bicyclic) bond motifs is 1. The number of aliphatic hydroxyl groups is 1. The summed E-state index contributed by atoms with van der Waals surface area (Å²) in [6, 6.07) is 0.0190. The minimum absolute atomic E-state index is 0.125. The van der Waals surface area contributed by atoms with Crippen molar-refractivity contribution in [2.75, 3.05) is 44.7 Å². The van der Waals surface area contributed by atoms with E-state index in [9.17, 15) is 9.59 Å². The number of nitrogens with zero attached hydrogens (tertiary/aromatic N) is 2. The van der Waals surface area contributed by atoms with E-state index < -0.39 is 0 Å². The SMILES string of the molecule is CCOC(=O)c1c(NC(=O)N2CCN(CCO)[C@@H](C)C2)sc2c1CCC2. The van der Waals surface area contributed by atoms with E-state index in [1.165, 1.54) is 16.2 Å². The molecule has 2 N–H and O–H groups in total. The Hall–Kier alpha value is -1.64. The van der Waals surface area contributed by atoms with E-state index in [0.717, 1.165) is 31.4 Å². The molecule has 1 aliphatic carbocycles. The molecule has 0 aromatic carbocycles. The summed E-state index contributed by atoms with van der Waals surface area (Å²) < 4.78 is 5.21. The van der Waals surface area contributed by atoms with Gasteiger partial charge in [0.15, 0.2) is 0 Å². The molecular formula is C18H27N3O4S. The summed E-state index contributed by atoms with van der Waals surface area (Å²) in [6.45, 7) is 6.86. The number of anilines is 1. The number of piperazine rings is 1. The lowest BCUT2D eigenvalue weighted by molar-refractivity contribution is 0.0527. The molecule has 1 aromatic rings. The maximum Gasteiger partial charge on any atom is 0.341 e. The molecule has 0 saturated carbocycles. The molecule has 1 aromatic heterocycles. The van der Waals surface area contributed by atoms with Gasteiger partial charge in [0, 0.05) is 37.1 Å². The van der Waals surface area contributed by atoms with Gasteiger partial charge in [-0.25, -0.2) is 9.59 Å². The van der Waals surface area contributed by atoms with Crippen LogP contribution >= 0.6 is 11.3 Å². The molecule has 0 spiro atoms. The number of hydrogen-bond donors (Lipinski definition) is 2. The molecule has 1 aliphatic heterocycles. The van der Waals surface area contributed by atoms with E-state index in [1.54, 1.807) is 11.8 Å². The Morgan fingerprint density at radius 1 is 1.35 bits per heavy atom. The molecule has 3 rings (SSSR count). The highest BCUT2D eigenvalue weighted by molar-refractivity contribution is 7.17. The van der Waals surface area contributed by atoms with Crippen molar-refractivity contribution in [3.63, 3.8) is 0 Å². The van der Waals surface area contributed by atoms with Gasteiger partial charge in [-0.1, -0.05) is 0 Å². The third-order valence-corrected chi connectivity index (χ3v) is 6.27. The first-order valence-electron chi connectivity index (χ1n) is 9.27. The van der Waals surface area contributed by atoms with Crippen LogP contribution in [0.4, 0.5) is 9.80 Å². The highest BCUT2D eigenvalue weighted by Gasteiger charge is 2.31. The van der Waals surface area contributed by atoms with Crippen LogP contribution in [0.2, 0.25) is 0 Å². The van der Waals surface area contributed by atoms with Crippen LogP contribution in [0.3, 0.4) is 0 Å². The second-order valence-electron chi connectivity index (χ2n) is 6.77. The van der Waals surface area contributed by atoms with Gasteiger partial charge in [0.05, 0.1) is 18.8 Å². The van der Waals surface area contributed by atoms with Gasteiger partial charge >= 0.3 is 12.0 Å². The van der Waals surface area contributed by atoms with E-state index in [-0.39, 0.29) is 24.6 Å². The lowest BCUT2D eigenvalue weighted by atomic mass is 10.1. The number of esters is 1. The van der Waals surface area contributed by atoms with Crippen LogP contribution in [0.1, 0.15) is 41.1 Å². The van der Waals surface area contributed by atoms with Gasteiger partial charge in [-0.2, -0.15) is 0 Å². The first-order valence-corrected chi connectivity index (χ1v) is 10.1. The van der Waals surface area contributed by atoms with Gasteiger partial charge in [-0.05, 0) is 38.7 Å². The second-order valence-corrected chi connectivity index (χ2v) is 7.87. The highest BCUT2D eigenvalue weighted by atomic mass is 32.1. The summed E-state index contributed by atoms with van der Waals surface area (Å²) in [4.78, 5) is 30.3. The molecule has 2 aliphatic rings. The maximum atomic E-state index is 12.7. The van der Waals surface area contributed by atoms with Gasteiger partial charge in [0.2, 0.25) is 0 Å². The molecule has 1 fully saturated rings. The fourth-order valence-electron chi connectivity index (χ4n) is 3.73. The third kappa shape index (κ3) is 3.87. The average molecular weight is 381 g/mol. The lowest BCUT2D eigenvalue weighted by Gasteiger charge is -2.39. The molecule has 8 heteroatoms. The fourth-order valence-corrected chi connectivity index (χ4v) is 5.00. The van der Waals surface area contributed by atoms with E-state index in [0.29, 0.717) is 36.8 Å². The summed E-state index contributed by atoms with van der Waals surface area (Å²) in [5, 5.41) is 12.7. The number of hydrogen-bond acceptors (Lipinski definition) is 6. The largest absolute Gasteiger partial charge is 0.462 e. The normalized spacial score (nSPS) is 20.1. The Bertz CT molecular complexity index is 676. The van der Waals surface area contributed by atoms with E-state index >= 15 is 0 Å². The van der Waals surface area contributed by atoms with Crippen molar-refractivity contribution in [1.29, 1.82) is 0 Å². The standard InChI is InChI=1S/C18H27N3O4S/c1-3-25-17(23)15-13-5-4-6-14(13)26-16(15)19-18(24)21-8-7-20(9-10-22)12(2)11-21/h12,22H,3-11H2,1-2H3,(H,19,24)/t12-/m0/s1. The van der Waals surface area contributed by atoms with E-state index in [2.05, 4.69) is 17.1 Å². The molecule has 0 bridgehead atoms. The Balaban J connectivity index is 1.71. The van der Waals surface area contributed by atoms with Gasteiger partial charge in [0.25, 0.3) is 0 Å². The van der Waals surface area contributed by atoms with Gasteiger partial charge < -0.3 is 14.7 Å². The number of ether oxygens (including phenoxy) is 1. The summed E-state index contributed by atoms with van der Waals surface area (Å²) in [6.07, 6.45) is 2.87. The minimum atomic E-state index is -0.344. The van der Waals surface area contributed by atoms with E-state index in [1.807, 2.05) is 0 Å². The van der Waals surface area contributed by atoms with Crippen LogP contribution in [0.25, 0.3) is 0 Å². The predicted octanol–water partition coefficient (Wildman–Crippen LogP) is 1.94. The summed E-state index contributed by atoms with van der Waals surface area (Å²) >= 11 is 1.50. The minimum Gasteiger partial charge on any atom is -0.462 e. The van der Waals surface area contributed by atoms with Crippen LogP contribution < -0.4 is 5.32 Å². The summed E-state index contributed by atoms with van der Waals surface area (Å²) in [5.41, 5.74) is 1.59. The molecule has 0 unspecified atom stereocenters. The monoisotopic (exact) mass is 381 g/mol. The number of urea groups is 1. The zero-order valence-electron chi connectivity index (χ0n) is 15.4. The van der Waals surface area contributed by atoms with Crippen molar-refractivity contribution in [2.45, 2.75) is 39.2 Å². The number of rotatable bonds is 5. The van der Waals surface area contributed by atoms with Crippen molar-refractivity contribution in [2.24, 2.45) is 0 Å². The number of amides is 2. The zero-order valence-corrected chi connectivity index (χ0v) is 16.2. The van der Waals surface area contributed by atoms with Gasteiger partial charge in [-0.15, -0.1) is 11.3 Å². The maximum absolute atomic E-state index is 12.7. The number of β-amino-alcohol motifs (C(OH)–C–C–N with tert-alkyl or cyclic N) is 1. The first kappa shape index (κ1) is 19.1. The molecule has 2 amide bonds. The second kappa shape index (κ2) is 8.37. The van der Waals surface area contributed by atoms with Crippen molar-refractivity contribution in [3.8, 4) is 0 Å². The molecule has 7 nitrogen and oxygen atoms in total. The van der Waals surface area contributed by atoms with Gasteiger partial charge in [-0.3, -0.25) is 10.2 Å². The topological polar surface area (TPSA) is 82.1 Å². The van der Waals surface area contributed by atoms with Crippen molar-refractivity contribution < 1.29 is 19.4 Å². The summed E-state index contributed by atoms with van der Waals surface area (Å²) in [7, 11) is 0. The average Bonchev–Trinajstić information content (AvgIpc) is 3.17. The van der Waals surface area contributed by atoms with Gasteiger partial charge in [0.1, 0.15) is 5.00 Å². The molecule has 2 heterocycles. The Labute approximate surface area is 157 Å². The highest BCUT2D eigenvalue weighted by Crippen LogP contribution is 2.39. The fraction of sp³-hybridized carbons (Fsp3) is 0.667. The molecular weight excluding hydrogens is 354 g/mol. The van der Waals surface area contributed by atoms with Crippen LogP contribution in [-0.2, 0) is 17.6 Å². The number of carbonyl (C=O) groups excluding carboxylic acids is 2. The quantitative estimate of drug-likeness (QED) is 0.762. The Kier molecular flexibility index (Phi) is 6.16. The molecule has 144 valence electrons. The number of aryl methyl sites for hydroxylation is 1. The van der Waals surface area contributed by atoms with Crippen molar-refractivity contribution in [3.05, 3.63) is 16.0 Å². The predicted molar refractivity (Wildman–Crippen MR) is 101 cm³/mol.